The largest absolute Gasteiger partial charge is 0.378 e. The number of nitrogens with zero attached hydrogens (tertiary/aromatic N) is 3. The fraction of sp³-hybridized carbons (Fsp3) is 0.308. The highest BCUT2D eigenvalue weighted by Crippen LogP contribution is 2.19. The Bertz CT molecular complexity index is 624. The number of aromatic amines is 1. The van der Waals surface area contributed by atoms with Crippen LogP contribution in [0.4, 0.5) is 15.9 Å². The molecule has 2 heterocycles. The number of hydrogen-bond acceptors (Lipinski definition) is 5. The first-order valence-corrected chi connectivity index (χ1v) is 6.95. The molecular formula is C13H14FN5OS. The Balaban J connectivity index is 1.76. The van der Waals surface area contributed by atoms with E-state index in [0.717, 1.165) is 18.8 Å². The predicted molar refractivity (Wildman–Crippen MR) is 80.2 cm³/mol. The molecule has 1 aliphatic heterocycles. The third kappa shape index (κ3) is 3.17. The fourth-order valence-corrected chi connectivity index (χ4v) is 2.38. The number of H-pyrrole nitrogens is 1. The maximum Gasteiger partial charge on any atom is 0.183 e. The van der Waals surface area contributed by atoms with Gasteiger partial charge in [0.25, 0.3) is 0 Å². The van der Waals surface area contributed by atoms with Crippen LogP contribution in [0.3, 0.4) is 0 Å². The summed E-state index contributed by atoms with van der Waals surface area (Å²) in [4.78, 5) is 2.66. The minimum Gasteiger partial charge on any atom is -0.378 e. The van der Waals surface area contributed by atoms with Crippen LogP contribution in [0.1, 0.15) is 5.69 Å². The highest BCUT2D eigenvalue weighted by molar-refractivity contribution is 7.80. The third-order valence-corrected chi connectivity index (χ3v) is 3.61. The highest BCUT2D eigenvalue weighted by atomic mass is 32.1. The number of benzene rings is 1. The summed E-state index contributed by atoms with van der Waals surface area (Å²) in [6.45, 7) is 2.78. The molecule has 0 saturated carbocycles. The Hall–Kier alpha value is -2.06. The molecule has 110 valence electrons. The van der Waals surface area contributed by atoms with Gasteiger partial charge in [-0.2, -0.15) is 10.3 Å². The number of thiocarbonyl (C=S) groups is 1. The van der Waals surface area contributed by atoms with Crippen LogP contribution in [0, 0.1) is 5.82 Å². The molecule has 0 amide bonds. The minimum absolute atomic E-state index is 0.287. The number of nitrogens with one attached hydrogen (secondary N) is 2. The number of halogens is 1. The van der Waals surface area contributed by atoms with E-state index >= 15 is 0 Å². The average Bonchev–Trinajstić information content (AvgIpc) is 2.98. The van der Waals surface area contributed by atoms with Gasteiger partial charge in [0.05, 0.1) is 13.2 Å². The molecule has 0 bridgehead atoms. The van der Waals surface area contributed by atoms with Gasteiger partial charge >= 0.3 is 0 Å². The number of anilines is 2. The molecular weight excluding hydrogens is 293 g/mol. The van der Waals surface area contributed by atoms with Crippen molar-refractivity contribution in [3.63, 3.8) is 0 Å². The second-order valence-corrected chi connectivity index (χ2v) is 4.94. The van der Waals surface area contributed by atoms with E-state index in [4.69, 9.17) is 17.0 Å². The Morgan fingerprint density at radius 2 is 1.95 bits per heavy atom. The molecule has 0 radical (unpaired) electrons. The predicted octanol–water partition coefficient (Wildman–Crippen LogP) is 1.70. The molecule has 0 aliphatic carbocycles. The molecule has 2 aromatic rings. The van der Waals surface area contributed by atoms with Gasteiger partial charge in [0.2, 0.25) is 0 Å². The van der Waals surface area contributed by atoms with E-state index in [-0.39, 0.29) is 5.82 Å². The van der Waals surface area contributed by atoms with E-state index < -0.39 is 0 Å². The SMILES string of the molecule is Fc1ccc(Nc2n[nH]nc2C(=S)N2CCOCC2)cc1. The number of ether oxygens (including phenoxy) is 1. The molecule has 0 unspecified atom stereocenters. The van der Waals surface area contributed by atoms with Crippen LogP contribution in [0.2, 0.25) is 0 Å². The van der Waals surface area contributed by atoms with E-state index in [2.05, 4.69) is 20.7 Å². The smallest absolute Gasteiger partial charge is 0.183 e. The van der Waals surface area contributed by atoms with Crippen LogP contribution in [0.15, 0.2) is 24.3 Å². The summed E-state index contributed by atoms with van der Waals surface area (Å²) in [5, 5.41) is 13.8. The van der Waals surface area contributed by atoms with Gasteiger partial charge in [-0.25, -0.2) is 4.39 Å². The molecule has 6 nitrogen and oxygen atoms in total. The molecule has 1 aliphatic rings. The van der Waals surface area contributed by atoms with E-state index in [1.807, 2.05) is 4.90 Å². The quantitative estimate of drug-likeness (QED) is 0.841. The summed E-state index contributed by atoms with van der Waals surface area (Å²) in [5.41, 5.74) is 1.30. The number of morpholine rings is 1. The minimum atomic E-state index is -0.287. The third-order valence-electron chi connectivity index (χ3n) is 3.16. The Labute approximate surface area is 126 Å². The van der Waals surface area contributed by atoms with Crippen LogP contribution in [0.5, 0.6) is 0 Å². The van der Waals surface area contributed by atoms with Crippen molar-refractivity contribution in [3.05, 3.63) is 35.8 Å². The van der Waals surface area contributed by atoms with Gasteiger partial charge < -0.3 is 15.0 Å². The first kappa shape index (κ1) is 13.9. The Morgan fingerprint density at radius 3 is 2.67 bits per heavy atom. The van der Waals surface area contributed by atoms with Crippen molar-refractivity contribution in [1.29, 1.82) is 0 Å². The number of rotatable bonds is 3. The molecule has 8 heteroatoms. The van der Waals surface area contributed by atoms with Gasteiger partial charge in [-0.1, -0.05) is 12.2 Å². The van der Waals surface area contributed by atoms with E-state index in [9.17, 15) is 4.39 Å². The van der Waals surface area contributed by atoms with Crippen molar-refractivity contribution in [3.8, 4) is 0 Å². The van der Waals surface area contributed by atoms with Crippen molar-refractivity contribution in [2.75, 3.05) is 31.6 Å². The zero-order valence-corrected chi connectivity index (χ0v) is 12.0. The maximum atomic E-state index is 12.9. The van der Waals surface area contributed by atoms with Crippen molar-refractivity contribution in [1.82, 2.24) is 20.3 Å². The summed E-state index contributed by atoms with van der Waals surface area (Å²) < 4.78 is 18.2. The summed E-state index contributed by atoms with van der Waals surface area (Å²) >= 11 is 5.47. The lowest BCUT2D eigenvalue weighted by Gasteiger charge is -2.28. The van der Waals surface area contributed by atoms with Crippen LogP contribution in [0.25, 0.3) is 0 Å². The highest BCUT2D eigenvalue weighted by Gasteiger charge is 2.21. The second kappa shape index (κ2) is 6.15. The van der Waals surface area contributed by atoms with Gasteiger partial charge in [0.1, 0.15) is 10.8 Å². The van der Waals surface area contributed by atoms with E-state index in [1.165, 1.54) is 12.1 Å². The lowest BCUT2D eigenvalue weighted by molar-refractivity contribution is 0.0692. The van der Waals surface area contributed by atoms with Gasteiger partial charge in [0, 0.05) is 18.8 Å². The molecule has 1 fully saturated rings. The van der Waals surface area contributed by atoms with Crippen molar-refractivity contribution < 1.29 is 9.13 Å². The summed E-state index contributed by atoms with van der Waals surface area (Å²) in [7, 11) is 0. The van der Waals surface area contributed by atoms with Crippen molar-refractivity contribution in [2.45, 2.75) is 0 Å². The molecule has 21 heavy (non-hydrogen) atoms. The van der Waals surface area contributed by atoms with E-state index in [1.54, 1.807) is 12.1 Å². The fourth-order valence-electron chi connectivity index (χ4n) is 2.05. The Morgan fingerprint density at radius 1 is 1.24 bits per heavy atom. The summed E-state index contributed by atoms with van der Waals surface area (Å²) in [6, 6.07) is 6.02. The van der Waals surface area contributed by atoms with Gasteiger partial charge in [0.15, 0.2) is 11.5 Å². The number of aromatic nitrogens is 3. The monoisotopic (exact) mass is 307 g/mol. The molecule has 3 rings (SSSR count). The van der Waals surface area contributed by atoms with Crippen molar-refractivity contribution in [2.24, 2.45) is 0 Å². The van der Waals surface area contributed by atoms with Crippen LogP contribution in [-0.2, 0) is 4.74 Å². The van der Waals surface area contributed by atoms with Crippen LogP contribution < -0.4 is 5.32 Å². The molecule has 0 spiro atoms. The first-order valence-electron chi connectivity index (χ1n) is 6.54. The number of hydrogen-bond donors (Lipinski definition) is 2. The van der Waals surface area contributed by atoms with Gasteiger partial charge in [-0.3, -0.25) is 0 Å². The van der Waals surface area contributed by atoms with Gasteiger partial charge in [-0.05, 0) is 24.3 Å². The average molecular weight is 307 g/mol. The Kier molecular flexibility index (Phi) is 4.07. The van der Waals surface area contributed by atoms with E-state index in [0.29, 0.717) is 29.7 Å². The first-order chi connectivity index (χ1) is 10.2. The van der Waals surface area contributed by atoms with Gasteiger partial charge in [-0.15, -0.1) is 5.10 Å². The topological polar surface area (TPSA) is 66.1 Å². The van der Waals surface area contributed by atoms with Crippen LogP contribution in [-0.4, -0.2) is 51.6 Å². The molecule has 1 aromatic carbocycles. The second-order valence-electron chi connectivity index (χ2n) is 4.56. The zero-order valence-electron chi connectivity index (χ0n) is 11.2. The molecule has 1 saturated heterocycles. The molecule has 1 aromatic heterocycles. The lowest BCUT2D eigenvalue weighted by Crippen LogP contribution is -2.40. The van der Waals surface area contributed by atoms with Crippen molar-refractivity contribution >= 4 is 28.7 Å². The molecule has 2 N–H and O–H groups in total. The molecule has 0 atom stereocenters. The lowest BCUT2D eigenvalue weighted by atomic mass is 10.3. The summed E-state index contributed by atoms with van der Waals surface area (Å²) in [6.07, 6.45) is 0. The maximum absolute atomic E-state index is 12.9. The normalized spacial score (nSPS) is 15.0. The zero-order chi connectivity index (χ0) is 14.7. The summed E-state index contributed by atoms with van der Waals surface area (Å²) in [5.74, 6) is 0.239. The van der Waals surface area contributed by atoms with Crippen LogP contribution >= 0.6 is 12.2 Å². The standard InChI is InChI=1S/C13H14FN5OS/c14-9-1-3-10(4-2-9)15-12-11(16-18-17-12)13(21)19-5-7-20-8-6-19/h1-4H,5-8H2,(H2,15,16,17,18).